The summed E-state index contributed by atoms with van der Waals surface area (Å²) in [6, 6.07) is 6.91. The summed E-state index contributed by atoms with van der Waals surface area (Å²) in [7, 11) is 0. The van der Waals surface area contributed by atoms with Gasteiger partial charge < -0.3 is 9.84 Å². The van der Waals surface area contributed by atoms with Crippen molar-refractivity contribution in [1.29, 1.82) is 0 Å². The van der Waals surface area contributed by atoms with Crippen molar-refractivity contribution in [3.05, 3.63) is 29.8 Å². The number of aliphatic imine (C=N–C) groups is 1. The fourth-order valence-electron chi connectivity index (χ4n) is 1.76. The molecule has 0 aliphatic rings. The molecule has 1 aromatic rings. The van der Waals surface area contributed by atoms with Gasteiger partial charge in [0.05, 0.1) is 18.9 Å². The number of hydrogen-bond donors (Lipinski definition) is 1. The first-order valence-corrected chi connectivity index (χ1v) is 7.05. The Morgan fingerprint density at radius 2 is 1.95 bits per heavy atom. The van der Waals surface area contributed by atoms with Crippen molar-refractivity contribution >= 4 is 23.7 Å². The number of Topliss-reactive ketones (excluding diaryl/α,β-unsaturated/α-hetero) is 1. The number of rotatable bonds is 8. The number of carbonyl (C=O) groups excluding carboxylic acids is 2. The largest absolute Gasteiger partial charge is 0.465 e. The molecule has 1 unspecified atom stereocenters. The predicted molar refractivity (Wildman–Crippen MR) is 80.6 cm³/mol. The molecule has 0 bridgehead atoms. The molecule has 1 aromatic carbocycles. The Bertz CT molecular complexity index is 476. The van der Waals surface area contributed by atoms with E-state index in [9.17, 15) is 9.59 Å². The standard InChI is InChI=1S/C16H21NO4/c1-3-5-15(19)14(16(20)21-4-2)10-17-13-8-6-12(11-18)7-9-13/h6-10,14,18H,3-5,11H2,1-2H3. The third-order valence-corrected chi connectivity index (χ3v) is 2.88. The Labute approximate surface area is 124 Å². The van der Waals surface area contributed by atoms with E-state index in [-0.39, 0.29) is 19.0 Å². The summed E-state index contributed by atoms with van der Waals surface area (Å²) < 4.78 is 4.91. The molecule has 0 saturated carbocycles. The molecule has 0 heterocycles. The third kappa shape index (κ3) is 5.47. The predicted octanol–water partition coefficient (Wildman–Crippen LogP) is 2.43. The molecule has 1 atom stereocenters. The van der Waals surface area contributed by atoms with Crippen LogP contribution < -0.4 is 0 Å². The number of ketones is 1. The van der Waals surface area contributed by atoms with Crippen LogP contribution in [0.3, 0.4) is 0 Å². The van der Waals surface area contributed by atoms with Gasteiger partial charge in [-0.3, -0.25) is 14.6 Å². The molecule has 0 radical (unpaired) electrons. The Morgan fingerprint density at radius 1 is 1.29 bits per heavy atom. The van der Waals surface area contributed by atoms with Crippen molar-refractivity contribution in [1.82, 2.24) is 0 Å². The van der Waals surface area contributed by atoms with Gasteiger partial charge in [0.15, 0.2) is 11.7 Å². The van der Waals surface area contributed by atoms with Crippen LogP contribution >= 0.6 is 0 Å². The molecule has 5 nitrogen and oxygen atoms in total. The monoisotopic (exact) mass is 291 g/mol. The zero-order valence-electron chi connectivity index (χ0n) is 12.4. The van der Waals surface area contributed by atoms with Gasteiger partial charge in [-0.2, -0.15) is 0 Å². The van der Waals surface area contributed by atoms with Gasteiger partial charge in [-0.25, -0.2) is 0 Å². The minimum Gasteiger partial charge on any atom is -0.465 e. The maximum absolute atomic E-state index is 12.0. The average molecular weight is 291 g/mol. The summed E-state index contributed by atoms with van der Waals surface area (Å²) in [6.45, 7) is 3.77. The Morgan fingerprint density at radius 3 is 2.48 bits per heavy atom. The summed E-state index contributed by atoms with van der Waals surface area (Å²) in [5.41, 5.74) is 1.39. The van der Waals surface area contributed by atoms with Gasteiger partial charge in [-0.1, -0.05) is 19.1 Å². The molecule has 0 amide bonds. The fraction of sp³-hybridized carbons (Fsp3) is 0.438. The van der Waals surface area contributed by atoms with Gasteiger partial charge >= 0.3 is 5.97 Å². The molecule has 1 N–H and O–H groups in total. The topological polar surface area (TPSA) is 76.0 Å². The third-order valence-electron chi connectivity index (χ3n) is 2.88. The van der Waals surface area contributed by atoms with Gasteiger partial charge in [0, 0.05) is 12.6 Å². The van der Waals surface area contributed by atoms with E-state index in [2.05, 4.69) is 4.99 Å². The molecular weight excluding hydrogens is 270 g/mol. The second kappa shape index (κ2) is 9.02. The lowest BCUT2D eigenvalue weighted by Crippen LogP contribution is -2.27. The summed E-state index contributed by atoms with van der Waals surface area (Å²) in [5, 5.41) is 8.97. The number of benzene rings is 1. The number of carbonyl (C=O) groups is 2. The van der Waals surface area contributed by atoms with Crippen LogP contribution in [0.25, 0.3) is 0 Å². The van der Waals surface area contributed by atoms with Crippen molar-refractivity contribution in [3.63, 3.8) is 0 Å². The van der Waals surface area contributed by atoms with E-state index in [1.807, 2.05) is 6.92 Å². The molecule has 0 aliphatic carbocycles. The van der Waals surface area contributed by atoms with Crippen LogP contribution in [0.4, 0.5) is 5.69 Å². The molecule has 114 valence electrons. The van der Waals surface area contributed by atoms with Crippen LogP contribution in [0.1, 0.15) is 32.3 Å². The van der Waals surface area contributed by atoms with E-state index in [1.165, 1.54) is 6.21 Å². The van der Waals surface area contributed by atoms with Crippen LogP contribution in [0.15, 0.2) is 29.3 Å². The van der Waals surface area contributed by atoms with Crippen molar-refractivity contribution < 1.29 is 19.4 Å². The highest BCUT2D eigenvalue weighted by Crippen LogP contribution is 2.14. The van der Waals surface area contributed by atoms with Crippen molar-refractivity contribution in [3.8, 4) is 0 Å². The van der Waals surface area contributed by atoms with E-state index in [1.54, 1.807) is 31.2 Å². The minimum absolute atomic E-state index is 0.0373. The van der Waals surface area contributed by atoms with E-state index in [0.717, 1.165) is 5.56 Å². The Hall–Kier alpha value is -2.01. The second-order valence-corrected chi connectivity index (χ2v) is 4.55. The molecule has 0 aliphatic heterocycles. The maximum Gasteiger partial charge on any atom is 0.321 e. The van der Waals surface area contributed by atoms with E-state index >= 15 is 0 Å². The molecule has 21 heavy (non-hydrogen) atoms. The first-order chi connectivity index (χ1) is 10.1. The molecule has 0 aromatic heterocycles. The summed E-state index contributed by atoms with van der Waals surface area (Å²) in [5.74, 6) is -1.71. The summed E-state index contributed by atoms with van der Waals surface area (Å²) in [4.78, 5) is 27.9. The highest BCUT2D eigenvalue weighted by molar-refractivity contribution is 6.12. The van der Waals surface area contributed by atoms with Gasteiger partial charge in [0.25, 0.3) is 0 Å². The van der Waals surface area contributed by atoms with Crippen LogP contribution in [-0.2, 0) is 20.9 Å². The number of esters is 1. The van der Waals surface area contributed by atoms with Crippen LogP contribution in [-0.4, -0.2) is 29.7 Å². The average Bonchev–Trinajstić information content (AvgIpc) is 2.48. The van der Waals surface area contributed by atoms with Crippen molar-refractivity contribution in [2.75, 3.05) is 6.61 Å². The number of aliphatic hydroxyl groups excluding tert-OH is 1. The first-order valence-electron chi connectivity index (χ1n) is 7.05. The SMILES string of the molecule is CCCC(=O)C(C=Nc1ccc(CO)cc1)C(=O)OCC. The lowest BCUT2D eigenvalue weighted by atomic mass is 10.0. The van der Waals surface area contributed by atoms with Gasteiger partial charge in [0.1, 0.15) is 0 Å². The van der Waals surface area contributed by atoms with Crippen LogP contribution in [0, 0.1) is 5.92 Å². The number of aliphatic hydroxyl groups is 1. The molecule has 0 fully saturated rings. The lowest BCUT2D eigenvalue weighted by molar-refractivity contribution is -0.148. The van der Waals surface area contributed by atoms with Crippen LogP contribution in [0.2, 0.25) is 0 Å². The van der Waals surface area contributed by atoms with Crippen LogP contribution in [0.5, 0.6) is 0 Å². The number of hydrogen-bond acceptors (Lipinski definition) is 5. The lowest BCUT2D eigenvalue weighted by Gasteiger charge is -2.09. The maximum atomic E-state index is 12.0. The summed E-state index contributed by atoms with van der Waals surface area (Å²) in [6.07, 6.45) is 2.33. The quantitative estimate of drug-likeness (QED) is 0.453. The highest BCUT2D eigenvalue weighted by atomic mass is 16.5. The minimum atomic E-state index is -0.956. The zero-order valence-corrected chi connectivity index (χ0v) is 12.4. The molecule has 0 spiro atoms. The van der Waals surface area contributed by atoms with Gasteiger partial charge in [-0.05, 0) is 31.0 Å². The molecule has 0 saturated heterocycles. The Balaban J connectivity index is 2.85. The smallest absolute Gasteiger partial charge is 0.321 e. The van der Waals surface area contributed by atoms with E-state index < -0.39 is 11.9 Å². The highest BCUT2D eigenvalue weighted by Gasteiger charge is 2.25. The molecular formula is C16H21NO4. The zero-order chi connectivity index (χ0) is 15.7. The van der Waals surface area contributed by atoms with E-state index in [0.29, 0.717) is 18.5 Å². The van der Waals surface area contributed by atoms with Crippen molar-refractivity contribution in [2.45, 2.75) is 33.3 Å². The van der Waals surface area contributed by atoms with E-state index in [4.69, 9.17) is 9.84 Å². The molecule has 1 rings (SSSR count). The number of ether oxygens (including phenoxy) is 1. The summed E-state index contributed by atoms with van der Waals surface area (Å²) >= 11 is 0. The normalized spacial score (nSPS) is 12.3. The fourth-order valence-corrected chi connectivity index (χ4v) is 1.76. The number of nitrogens with zero attached hydrogens (tertiary/aromatic N) is 1. The Kier molecular flexibility index (Phi) is 7.32. The van der Waals surface area contributed by atoms with Gasteiger partial charge in [-0.15, -0.1) is 0 Å². The molecule has 5 heteroatoms. The first kappa shape index (κ1) is 17.0. The van der Waals surface area contributed by atoms with Gasteiger partial charge in [0.2, 0.25) is 0 Å². The van der Waals surface area contributed by atoms with Crippen molar-refractivity contribution in [2.24, 2.45) is 10.9 Å². The second-order valence-electron chi connectivity index (χ2n) is 4.55.